The quantitative estimate of drug-likeness (QED) is 0.204. The Morgan fingerprint density at radius 3 is 1.76 bits per heavy atom. The van der Waals surface area contributed by atoms with Gasteiger partial charge < -0.3 is 14.2 Å². The second kappa shape index (κ2) is 10.7. The highest BCUT2D eigenvalue weighted by Gasteiger charge is 2.61. The van der Waals surface area contributed by atoms with Crippen molar-refractivity contribution in [1.82, 2.24) is 0 Å². The lowest BCUT2D eigenvalue weighted by Crippen LogP contribution is -2.59. The van der Waals surface area contributed by atoms with E-state index in [-0.39, 0.29) is 36.3 Å². The third-order valence-corrected chi connectivity index (χ3v) is 13.9. The lowest BCUT2D eigenvalue weighted by molar-refractivity contribution is -0.194. The zero-order valence-electron chi connectivity index (χ0n) is 21.2. The highest BCUT2D eigenvalue weighted by molar-refractivity contribution is 6.94. The third kappa shape index (κ3) is 4.65. The number of carbonyl (C=O) groups excluding carboxylic acids is 3. The Kier molecular flexibility index (Phi) is 8.68. The van der Waals surface area contributed by atoms with Crippen LogP contribution >= 0.6 is 0 Å². The van der Waals surface area contributed by atoms with Gasteiger partial charge in [0.2, 0.25) is 0 Å². The van der Waals surface area contributed by atoms with E-state index in [9.17, 15) is 14.4 Å². The van der Waals surface area contributed by atoms with Gasteiger partial charge in [-0.2, -0.15) is 0 Å². The summed E-state index contributed by atoms with van der Waals surface area (Å²) in [5, 5.41) is 0.665. The molecule has 0 aliphatic carbocycles. The number of rotatable bonds is 9. The van der Waals surface area contributed by atoms with Crippen LogP contribution in [0.5, 0.6) is 0 Å². The van der Waals surface area contributed by atoms with E-state index in [1.807, 2.05) is 30.3 Å². The van der Waals surface area contributed by atoms with E-state index >= 15 is 0 Å². The summed E-state index contributed by atoms with van der Waals surface area (Å²) in [7, 11) is -2.50. The van der Waals surface area contributed by atoms with Crippen molar-refractivity contribution in [2.75, 3.05) is 13.2 Å². The molecule has 1 heterocycles. The Labute approximate surface area is 198 Å². The molecule has 0 atom stereocenters. The second-order valence-electron chi connectivity index (χ2n) is 9.45. The summed E-state index contributed by atoms with van der Waals surface area (Å²) < 4.78 is 16.3. The topological polar surface area (TPSA) is 78.9 Å². The minimum Gasteiger partial charge on any atom is -0.463 e. The summed E-state index contributed by atoms with van der Waals surface area (Å²) >= 11 is 0. The Morgan fingerprint density at radius 1 is 0.909 bits per heavy atom. The summed E-state index contributed by atoms with van der Waals surface area (Å²) in [5.74, 6) is -2.39. The normalized spacial score (nSPS) is 16.3. The van der Waals surface area contributed by atoms with E-state index < -0.39 is 31.6 Å². The van der Waals surface area contributed by atoms with Crippen LogP contribution in [0.1, 0.15) is 67.4 Å². The molecule has 0 radical (unpaired) electrons. The maximum Gasteiger partial charge on any atom is 0.362 e. The van der Waals surface area contributed by atoms with Crippen LogP contribution in [-0.2, 0) is 28.6 Å². The molecular weight excluding hydrogens is 436 g/mol. The first-order valence-corrected chi connectivity index (χ1v) is 14.1. The first-order chi connectivity index (χ1) is 15.5. The standard InChI is InChI=1S/C26H38O6Si/c1-9-30-24(28)26(25(29)31-10-2)16-21(20-14-12-11-13-15-20)22(23(27)32-26)33(17(3)4,18(5)6)19(7)8/h11-15,17-19H,9-10,16H2,1-8H3. The fraction of sp³-hybridized carbons (Fsp3) is 0.577. The number of carbonyl (C=O) groups is 3. The van der Waals surface area contributed by atoms with Gasteiger partial charge in [-0.15, -0.1) is 0 Å². The highest BCUT2D eigenvalue weighted by atomic mass is 28.3. The van der Waals surface area contributed by atoms with E-state index in [0.29, 0.717) is 10.8 Å². The van der Waals surface area contributed by atoms with Gasteiger partial charge in [-0.25, -0.2) is 14.4 Å². The molecule has 0 saturated heterocycles. The smallest absolute Gasteiger partial charge is 0.362 e. The predicted octanol–water partition coefficient (Wildman–Crippen LogP) is 5.47. The van der Waals surface area contributed by atoms with Crippen molar-refractivity contribution in [3.63, 3.8) is 0 Å². The van der Waals surface area contributed by atoms with Crippen LogP contribution in [0.4, 0.5) is 0 Å². The second-order valence-corrected chi connectivity index (χ2v) is 15.3. The summed E-state index contributed by atoms with van der Waals surface area (Å²) in [5.41, 5.74) is 0.0454. The lowest BCUT2D eigenvalue weighted by atomic mass is 9.87. The number of ether oxygens (including phenoxy) is 3. The molecule has 6 nitrogen and oxygen atoms in total. The number of hydrogen-bond acceptors (Lipinski definition) is 6. The van der Waals surface area contributed by atoms with Gasteiger partial charge in [0.25, 0.3) is 0 Å². The van der Waals surface area contributed by atoms with Crippen molar-refractivity contribution in [1.29, 1.82) is 0 Å². The molecule has 0 bridgehead atoms. The molecule has 7 heteroatoms. The van der Waals surface area contributed by atoms with Gasteiger partial charge in [0.15, 0.2) is 0 Å². The Morgan fingerprint density at radius 2 is 1.36 bits per heavy atom. The molecule has 0 N–H and O–H groups in total. The van der Waals surface area contributed by atoms with E-state index in [2.05, 4.69) is 41.5 Å². The molecular formula is C26H38O6Si. The van der Waals surface area contributed by atoms with Crippen molar-refractivity contribution < 1.29 is 28.6 Å². The Bertz CT molecular complexity index is 861. The van der Waals surface area contributed by atoms with Gasteiger partial charge in [0.1, 0.15) is 8.07 Å². The zero-order valence-corrected chi connectivity index (χ0v) is 22.2. The van der Waals surface area contributed by atoms with Crippen LogP contribution in [0, 0.1) is 0 Å². The number of benzene rings is 1. The van der Waals surface area contributed by atoms with Gasteiger partial charge in [0.05, 0.1) is 13.2 Å². The molecule has 1 aromatic rings. The molecule has 0 unspecified atom stereocenters. The fourth-order valence-corrected chi connectivity index (χ4v) is 12.6. The van der Waals surface area contributed by atoms with Crippen LogP contribution in [0.2, 0.25) is 16.6 Å². The minimum atomic E-state index is -2.50. The van der Waals surface area contributed by atoms with Crippen molar-refractivity contribution in [2.45, 2.75) is 84.0 Å². The zero-order chi connectivity index (χ0) is 25.0. The van der Waals surface area contributed by atoms with Crippen LogP contribution in [0.25, 0.3) is 5.57 Å². The molecule has 1 aliphatic rings. The van der Waals surface area contributed by atoms with Gasteiger partial charge in [-0.3, -0.25) is 0 Å². The average molecular weight is 475 g/mol. The molecule has 1 aromatic carbocycles. The van der Waals surface area contributed by atoms with Crippen LogP contribution in [0.15, 0.2) is 35.5 Å². The van der Waals surface area contributed by atoms with E-state index in [0.717, 1.165) is 5.56 Å². The van der Waals surface area contributed by atoms with Crippen LogP contribution < -0.4 is 0 Å². The van der Waals surface area contributed by atoms with E-state index in [4.69, 9.17) is 14.2 Å². The highest BCUT2D eigenvalue weighted by Crippen LogP contribution is 2.52. The van der Waals surface area contributed by atoms with Gasteiger partial charge in [-0.05, 0) is 41.6 Å². The molecule has 33 heavy (non-hydrogen) atoms. The molecule has 2 rings (SSSR count). The summed E-state index contributed by atoms with van der Waals surface area (Å²) in [6, 6.07) is 9.50. The monoisotopic (exact) mass is 474 g/mol. The largest absolute Gasteiger partial charge is 0.463 e. The lowest BCUT2D eigenvalue weighted by Gasteiger charge is -2.47. The predicted molar refractivity (Wildman–Crippen MR) is 131 cm³/mol. The van der Waals surface area contributed by atoms with Crippen molar-refractivity contribution in [2.24, 2.45) is 0 Å². The summed E-state index contributed by atoms with van der Waals surface area (Å²) in [4.78, 5) is 40.1. The SMILES string of the molecule is CCOC(=O)C1(C(=O)OCC)CC(c2ccccc2)=C([Si](C(C)C)(C(C)C)C(C)C)C(=O)O1. The molecule has 182 valence electrons. The average Bonchev–Trinajstić information content (AvgIpc) is 2.75. The maximum absolute atomic E-state index is 13.9. The van der Waals surface area contributed by atoms with Crippen molar-refractivity contribution in [3.05, 3.63) is 41.1 Å². The van der Waals surface area contributed by atoms with Gasteiger partial charge >= 0.3 is 23.5 Å². The van der Waals surface area contributed by atoms with Gasteiger partial charge in [0, 0.05) is 11.6 Å². The van der Waals surface area contributed by atoms with Gasteiger partial charge in [-0.1, -0.05) is 71.9 Å². The fourth-order valence-electron chi connectivity index (χ4n) is 5.70. The minimum absolute atomic E-state index is 0.0530. The summed E-state index contributed by atoms with van der Waals surface area (Å²) in [6.07, 6.45) is -0.101. The molecule has 0 fully saturated rings. The molecule has 1 aliphatic heterocycles. The molecule has 0 aromatic heterocycles. The Balaban J connectivity index is 2.94. The van der Waals surface area contributed by atoms with Crippen molar-refractivity contribution in [3.8, 4) is 0 Å². The van der Waals surface area contributed by atoms with E-state index in [1.54, 1.807) is 13.8 Å². The van der Waals surface area contributed by atoms with Crippen LogP contribution in [-0.4, -0.2) is 44.8 Å². The van der Waals surface area contributed by atoms with Crippen molar-refractivity contribution >= 4 is 31.6 Å². The number of esters is 3. The van der Waals surface area contributed by atoms with Crippen LogP contribution in [0.3, 0.4) is 0 Å². The molecule has 0 saturated carbocycles. The third-order valence-electron chi connectivity index (χ3n) is 6.83. The Hall–Kier alpha value is -2.41. The molecule has 0 amide bonds. The summed E-state index contributed by atoms with van der Waals surface area (Å²) in [6.45, 7) is 16.4. The maximum atomic E-state index is 13.9. The number of hydrogen-bond donors (Lipinski definition) is 0. The van der Waals surface area contributed by atoms with E-state index in [1.165, 1.54) is 0 Å². The first kappa shape index (κ1) is 26.8. The molecule has 0 spiro atoms. The first-order valence-electron chi connectivity index (χ1n) is 11.9. The number of cyclic esters (lactones) is 1.